The van der Waals surface area contributed by atoms with E-state index in [-0.39, 0.29) is 0 Å². The molecule has 1 atom stereocenters. The minimum Gasteiger partial charge on any atom is -0.305 e. The Kier molecular flexibility index (Phi) is 4.60. The van der Waals surface area contributed by atoms with E-state index in [9.17, 15) is 0 Å². The SMILES string of the molecule is CC(CN1Cc2ccccc2Cc2ccccc2C1)N(C)C. The zero-order chi connectivity index (χ0) is 15.5. The Morgan fingerprint density at radius 1 is 0.864 bits per heavy atom. The molecule has 2 aromatic rings. The first-order valence-corrected chi connectivity index (χ1v) is 8.16. The maximum atomic E-state index is 2.58. The normalized spacial score (nSPS) is 16.5. The lowest BCUT2D eigenvalue weighted by atomic mass is 9.93. The lowest BCUT2D eigenvalue weighted by Crippen LogP contribution is -2.38. The van der Waals surface area contributed by atoms with Gasteiger partial charge in [0.05, 0.1) is 0 Å². The van der Waals surface area contributed by atoms with Gasteiger partial charge in [-0.1, -0.05) is 48.5 Å². The molecule has 0 bridgehead atoms. The van der Waals surface area contributed by atoms with Crippen molar-refractivity contribution in [2.24, 2.45) is 0 Å². The Morgan fingerprint density at radius 3 is 1.77 bits per heavy atom. The van der Waals surface area contributed by atoms with Crippen molar-refractivity contribution in [1.29, 1.82) is 0 Å². The van der Waals surface area contributed by atoms with Gasteiger partial charge in [-0.25, -0.2) is 0 Å². The maximum Gasteiger partial charge on any atom is 0.0240 e. The van der Waals surface area contributed by atoms with Crippen LogP contribution in [0.1, 0.15) is 29.2 Å². The van der Waals surface area contributed by atoms with Gasteiger partial charge >= 0.3 is 0 Å². The molecule has 3 rings (SSSR count). The van der Waals surface area contributed by atoms with Crippen molar-refractivity contribution >= 4 is 0 Å². The first-order chi connectivity index (χ1) is 10.6. The molecule has 116 valence electrons. The first kappa shape index (κ1) is 15.3. The highest BCUT2D eigenvalue weighted by Gasteiger charge is 2.18. The molecule has 0 N–H and O–H groups in total. The summed E-state index contributed by atoms with van der Waals surface area (Å²) >= 11 is 0. The average Bonchev–Trinajstić information content (AvgIpc) is 2.48. The molecule has 0 amide bonds. The van der Waals surface area contributed by atoms with Gasteiger partial charge in [-0.15, -0.1) is 0 Å². The molecular formula is C20H26N2. The minimum absolute atomic E-state index is 0.554. The van der Waals surface area contributed by atoms with Crippen LogP contribution in [0.15, 0.2) is 48.5 Å². The van der Waals surface area contributed by atoms with Gasteiger partial charge in [0, 0.05) is 25.7 Å². The van der Waals surface area contributed by atoms with Crippen molar-refractivity contribution in [3.63, 3.8) is 0 Å². The van der Waals surface area contributed by atoms with Gasteiger partial charge in [-0.05, 0) is 49.7 Å². The Bertz CT molecular complexity index is 586. The molecule has 2 nitrogen and oxygen atoms in total. The van der Waals surface area contributed by atoms with Crippen LogP contribution in [0.5, 0.6) is 0 Å². The summed E-state index contributed by atoms with van der Waals surface area (Å²) in [4.78, 5) is 4.89. The fraction of sp³-hybridized carbons (Fsp3) is 0.400. The summed E-state index contributed by atoms with van der Waals surface area (Å²) in [5.41, 5.74) is 5.89. The van der Waals surface area contributed by atoms with E-state index in [1.54, 1.807) is 0 Å². The smallest absolute Gasteiger partial charge is 0.0240 e. The highest BCUT2D eigenvalue weighted by molar-refractivity contribution is 5.38. The third-order valence-corrected chi connectivity index (χ3v) is 4.81. The molecular weight excluding hydrogens is 268 g/mol. The summed E-state index contributed by atoms with van der Waals surface area (Å²) in [6.07, 6.45) is 1.06. The Morgan fingerprint density at radius 2 is 1.32 bits per heavy atom. The fourth-order valence-corrected chi connectivity index (χ4v) is 3.18. The van der Waals surface area contributed by atoms with Crippen molar-refractivity contribution in [1.82, 2.24) is 9.80 Å². The zero-order valence-corrected chi connectivity index (χ0v) is 13.9. The summed E-state index contributed by atoms with van der Waals surface area (Å²) in [6, 6.07) is 18.4. The van der Waals surface area contributed by atoms with Crippen LogP contribution in [-0.2, 0) is 19.5 Å². The van der Waals surface area contributed by atoms with E-state index < -0.39 is 0 Å². The highest BCUT2D eigenvalue weighted by Crippen LogP contribution is 2.24. The summed E-state index contributed by atoms with van der Waals surface area (Å²) in [6.45, 7) is 5.48. The fourth-order valence-electron chi connectivity index (χ4n) is 3.18. The number of benzene rings is 2. The molecule has 1 unspecified atom stereocenters. The molecule has 22 heavy (non-hydrogen) atoms. The average molecular weight is 294 g/mol. The molecule has 1 heterocycles. The second kappa shape index (κ2) is 6.64. The van der Waals surface area contributed by atoms with Gasteiger partial charge in [0.2, 0.25) is 0 Å². The number of rotatable bonds is 3. The van der Waals surface area contributed by atoms with Crippen LogP contribution in [0, 0.1) is 0 Å². The lowest BCUT2D eigenvalue weighted by molar-refractivity contribution is 0.179. The van der Waals surface area contributed by atoms with Gasteiger partial charge in [0.15, 0.2) is 0 Å². The number of fused-ring (bicyclic) bond motifs is 2. The van der Waals surface area contributed by atoms with Gasteiger partial charge in [0.1, 0.15) is 0 Å². The summed E-state index contributed by atoms with van der Waals surface area (Å²) in [5.74, 6) is 0. The standard InChI is InChI=1S/C20H26N2/c1-16(21(2)3)13-22-14-19-10-6-4-8-17(19)12-18-9-5-7-11-20(18)15-22/h4-11,16H,12-15H2,1-3H3. The maximum absolute atomic E-state index is 2.58. The van der Waals surface area contributed by atoms with Gasteiger partial charge in [-0.3, -0.25) is 4.90 Å². The summed E-state index contributed by atoms with van der Waals surface area (Å²) in [7, 11) is 4.33. The van der Waals surface area contributed by atoms with E-state index >= 15 is 0 Å². The number of hydrogen-bond acceptors (Lipinski definition) is 2. The molecule has 1 aliphatic heterocycles. The van der Waals surface area contributed by atoms with Crippen LogP contribution in [-0.4, -0.2) is 36.5 Å². The van der Waals surface area contributed by atoms with Crippen LogP contribution in [0.25, 0.3) is 0 Å². The van der Waals surface area contributed by atoms with Crippen LogP contribution < -0.4 is 0 Å². The second-order valence-electron chi connectivity index (χ2n) is 6.70. The quantitative estimate of drug-likeness (QED) is 0.854. The zero-order valence-electron chi connectivity index (χ0n) is 13.9. The number of nitrogens with zero attached hydrogens (tertiary/aromatic N) is 2. The molecule has 2 heteroatoms. The first-order valence-electron chi connectivity index (χ1n) is 8.16. The largest absolute Gasteiger partial charge is 0.305 e. The molecule has 2 aromatic carbocycles. The molecule has 0 fully saturated rings. The topological polar surface area (TPSA) is 6.48 Å². The predicted molar refractivity (Wildman–Crippen MR) is 93.0 cm³/mol. The number of hydrogen-bond donors (Lipinski definition) is 0. The highest BCUT2D eigenvalue weighted by atomic mass is 15.2. The molecule has 0 spiro atoms. The van der Waals surface area contributed by atoms with Crippen molar-refractivity contribution in [2.45, 2.75) is 32.5 Å². The Balaban J connectivity index is 1.94. The molecule has 1 aliphatic rings. The molecule has 0 aromatic heterocycles. The second-order valence-corrected chi connectivity index (χ2v) is 6.70. The third-order valence-electron chi connectivity index (χ3n) is 4.81. The van der Waals surface area contributed by atoms with Crippen molar-refractivity contribution in [2.75, 3.05) is 20.6 Å². The molecule has 0 radical (unpaired) electrons. The lowest BCUT2D eigenvalue weighted by Gasteiger charge is -2.32. The van der Waals surface area contributed by atoms with E-state index in [0.29, 0.717) is 6.04 Å². The van der Waals surface area contributed by atoms with E-state index in [4.69, 9.17) is 0 Å². The van der Waals surface area contributed by atoms with Crippen LogP contribution in [0.3, 0.4) is 0 Å². The Hall–Kier alpha value is -1.64. The van der Waals surface area contributed by atoms with E-state index in [0.717, 1.165) is 26.1 Å². The third kappa shape index (κ3) is 3.40. The monoisotopic (exact) mass is 294 g/mol. The van der Waals surface area contributed by atoms with E-state index in [1.165, 1.54) is 22.3 Å². The van der Waals surface area contributed by atoms with Gasteiger partial charge in [0.25, 0.3) is 0 Å². The van der Waals surface area contributed by atoms with E-state index in [2.05, 4.69) is 79.3 Å². The Labute approximate surface area is 134 Å². The van der Waals surface area contributed by atoms with Gasteiger partial charge in [-0.2, -0.15) is 0 Å². The number of likely N-dealkylation sites (N-methyl/N-ethyl adjacent to an activating group) is 1. The molecule has 0 aliphatic carbocycles. The van der Waals surface area contributed by atoms with Gasteiger partial charge < -0.3 is 4.90 Å². The van der Waals surface area contributed by atoms with Crippen LogP contribution in [0.2, 0.25) is 0 Å². The van der Waals surface area contributed by atoms with E-state index in [1.807, 2.05) is 0 Å². The van der Waals surface area contributed by atoms with Crippen molar-refractivity contribution in [3.8, 4) is 0 Å². The van der Waals surface area contributed by atoms with Crippen LogP contribution in [0.4, 0.5) is 0 Å². The molecule has 0 saturated carbocycles. The van der Waals surface area contributed by atoms with Crippen molar-refractivity contribution < 1.29 is 0 Å². The molecule has 0 saturated heterocycles. The van der Waals surface area contributed by atoms with Crippen LogP contribution >= 0.6 is 0 Å². The van der Waals surface area contributed by atoms with Crippen molar-refractivity contribution in [3.05, 3.63) is 70.8 Å². The predicted octanol–water partition coefficient (Wildman–Crippen LogP) is 3.54. The minimum atomic E-state index is 0.554. The summed E-state index contributed by atoms with van der Waals surface area (Å²) in [5, 5.41) is 0. The summed E-state index contributed by atoms with van der Waals surface area (Å²) < 4.78 is 0.